The first kappa shape index (κ1) is 22.6. The van der Waals surface area contributed by atoms with Crippen LogP contribution in [0.1, 0.15) is 25.3 Å². The van der Waals surface area contributed by atoms with Gasteiger partial charge in [-0.2, -0.15) is 0 Å². The van der Waals surface area contributed by atoms with Gasteiger partial charge in [-0.25, -0.2) is 0 Å². The molecule has 0 aromatic heterocycles. The number of hydrogen-bond acceptors (Lipinski definition) is 6. The van der Waals surface area contributed by atoms with Crippen LogP contribution in [0.25, 0.3) is 0 Å². The molecule has 1 saturated heterocycles. The van der Waals surface area contributed by atoms with Crippen LogP contribution in [0.15, 0.2) is 48.5 Å². The van der Waals surface area contributed by atoms with E-state index in [-0.39, 0.29) is 12.0 Å². The number of ether oxygens (including phenoxy) is 2. The molecule has 2 unspecified atom stereocenters. The number of nitrogens with one attached hydrogen (secondary N) is 2. The second-order valence-corrected chi connectivity index (χ2v) is 8.54. The molecule has 2 heterocycles. The average molecular weight is 440 g/mol. The standard InChI is InChI=1S/C25H33N3O4/c1-2-18-8-9-22-23(14-18)32-24(17-31-22)21(29)15-26-19-10-12-28(13-11-19)16-25(30)27-20-6-4-3-5-7-20/h3-9,14,19,21,24,26,29H,2,10-13,15-17H2,1H3,(H,27,30). The van der Waals surface area contributed by atoms with Crippen LogP contribution in [-0.4, -0.2) is 66.9 Å². The van der Waals surface area contributed by atoms with E-state index in [2.05, 4.69) is 22.5 Å². The Labute approximate surface area is 189 Å². The molecule has 4 rings (SSSR count). The molecule has 2 atom stereocenters. The van der Waals surface area contributed by atoms with Gasteiger partial charge in [0.05, 0.1) is 6.54 Å². The molecule has 2 aromatic carbocycles. The molecule has 0 aliphatic carbocycles. The van der Waals surface area contributed by atoms with Crippen molar-refractivity contribution in [1.29, 1.82) is 0 Å². The predicted molar refractivity (Wildman–Crippen MR) is 124 cm³/mol. The van der Waals surface area contributed by atoms with Crippen molar-refractivity contribution in [3.63, 3.8) is 0 Å². The van der Waals surface area contributed by atoms with Crippen LogP contribution in [-0.2, 0) is 11.2 Å². The van der Waals surface area contributed by atoms with E-state index >= 15 is 0 Å². The molecule has 172 valence electrons. The Balaban J connectivity index is 1.17. The van der Waals surface area contributed by atoms with E-state index < -0.39 is 6.10 Å². The van der Waals surface area contributed by atoms with Crippen molar-refractivity contribution in [1.82, 2.24) is 10.2 Å². The summed E-state index contributed by atoms with van der Waals surface area (Å²) in [4.78, 5) is 14.4. The summed E-state index contributed by atoms with van der Waals surface area (Å²) < 4.78 is 11.8. The van der Waals surface area contributed by atoms with E-state index in [1.807, 2.05) is 48.5 Å². The molecular formula is C25H33N3O4. The van der Waals surface area contributed by atoms with Gasteiger partial charge >= 0.3 is 0 Å². The minimum Gasteiger partial charge on any atom is -0.486 e. The van der Waals surface area contributed by atoms with E-state index in [9.17, 15) is 9.90 Å². The number of rotatable bonds is 8. The fraction of sp³-hybridized carbons (Fsp3) is 0.480. The smallest absolute Gasteiger partial charge is 0.238 e. The van der Waals surface area contributed by atoms with Gasteiger partial charge in [0.1, 0.15) is 12.7 Å². The maximum Gasteiger partial charge on any atom is 0.238 e. The molecular weight excluding hydrogens is 406 g/mol. The number of benzene rings is 2. The number of aryl methyl sites for hydroxylation is 1. The number of carbonyl (C=O) groups excluding carboxylic acids is 1. The largest absolute Gasteiger partial charge is 0.486 e. The lowest BCUT2D eigenvalue weighted by atomic mass is 10.0. The quantitative estimate of drug-likeness (QED) is 0.586. The minimum absolute atomic E-state index is 0.0130. The van der Waals surface area contributed by atoms with Gasteiger partial charge in [-0.05, 0) is 49.1 Å². The highest BCUT2D eigenvalue weighted by molar-refractivity contribution is 5.92. The maximum absolute atomic E-state index is 12.3. The molecule has 7 heteroatoms. The summed E-state index contributed by atoms with van der Waals surface area (Å²) in [5, 5.41) is 17.0. The van der Waals surface area contributed by atoms with Gasteiger partial charge in [0.15, 0.2) is 17.6 Å². The first-order valence-electron chi connectivity index (χ1n) is 11.5. The summed E-state index contributed by atoms with van der Waals surface area (Å²) in [6, 6.07) is 15.8. The van der Waals surface area contributed by atoms with Gasteiger partial charge in [0, 0.05) is 31.4 Å². The number of anilines is 1. The lowest BCUT2D eigenvalue weighted by molar-refractivity contribution is -0.117. The average Bonchev–Trinajstić information content (AvgIpc) is 2.83. The minimum atomic E-state index is -0.650. The fourth-order valence-electron chi connectivity index (χ4n) is 4.18. The Morgan fingerprint density at radius 2 is 1.94 bits per heavy atom. The molecule has 2 aliphatic rings. The van der Waals surface area contributed by atoms with Crippen LogP contribution in [0, 0.1) is 0 Å². The van der Waals surface area contributed by atoms with Gasteiger partial charge in [0.2, 0.25) is 5.91 Å². The second-order valence-electron chi connectivity index (χ2n) is 8.54. The number of carbonyl (C=O) groups is 1. The number of aliphatic hydroxyl groups is 1. The van der Waals surface area contributed by atoms with Gasteiger partial charge in [-0.3, -0.25) is 9.69 Å². The van der Waals surface area contributed by atoms with Crippen molar-refractivity contribution >= 4 is 11.6 Å². The van der Waals surface area contributed by atoms with Crippen LogP contribution in [0.5, 0.6) is 11.5 Å². The molecule has 0 radical (unpaired) electrons. The normalized spacial score (nSPS) is 20.0. The van der Waals surface area contributed by atoms with Crippen LogP contribution in [0.3, 0.4) is 0 Å². The van der Waals surface area contributed by atoms with Crippen LogP contribution >= 0.6 is 0 Å². The van der Waals surface area contributed by atoms with Gasteiger partial charge in [0.25, 0.3) is 0 Å². The highest BCUT2D eigenvalue weighted by Gasteiger charge is 2.29. The number of nitrogens with zero attached hydrogens (tertiary/aromatic N) is 1. The number of piperidine rings is 1. The molecule has 0 saturated carbocycles. The number of hydrogen-bond donors (Lipinski definition) is 3. The van der Waals surface area contributed by atoms with Crippen molar-refractivity contribution in [2.75, 3.05) is 38.1 Å². The molecule has 7 nitrogen and oxygen atoms in total. The first-order valence-corrected chi connectivity index (χ1v) is 11.5. The SMILES string of the molecule is CCc1ccc2c(c1)OC(C(O)CNC1CCN(CC(=O)Nc3ccccc3)CC1)CO2. The summed E-state index contributed by atoms with van der Waals surface area (Å²) in [7, 11) is 0. The zero-order chi connectivity index (χ0) is 22.3. The molecule has 32 heavy (non-hydrogen) atoms. The van der Waals surface area contributed by atoms with E-state index in [0.29, 0.717) is 31.5 Å². The van der Waals surface area contributed by atoms with E-state index in [4.69, 9.17) is 9.47 Å². The van der Waals surface area contributed by atoms with Crippen LogP contribution in [0.4, 0.5) is 5.69 Å². The number of amides is 1. The zero-order valence-electron chi connectivity index (χ0n) is 18.6. The molecule has 1 amide bonds. The lowest BCUT2D eigenvalue weighted by Gasteiger charge is -2.34. The topological polar surface area (TPSA) is 83.1 Å². The molecule has 2 aliphatic heterocycles. The fourth-order valence-corrected chi connectivity index (χ4v) is 4.18. The molecule has 0 spiro atoms. The highest BCUT2D eigenvalue weighted by Crippen LogP contribution is 2.33. The zero-order valence-corrected chi connectivity index (χ0v) is 18.6. The van der Waals surface area contributed by atoms with Crippen molar-refractivity contribution in [3.8, 4) is 11.5 Å². The van der Waals surface area contributed by atoms with E-state index in [1.165, 1.54) is 5.56 Å². The van der Waals surface area contributed by atoms with E-state index in [1.54, 1.807) is 0 Å². The second kappa shape index (κ2) is 10.8. The van der Waals surface area contributed by atoms with E-state index in [0.717, 1.165) is 43.8 Å². The monoisotopic (exact) mass is 439 g/mol. The van der Waals surface area contributed by atoms with Crippen molar-refractivity contribution < 1.29 is 19.4 Å². The maximum atomic E-state index is 12.3. The molecule has 3 N–H and O–H groups in total. The number of aliphatic hydroxyl groups excluding tert-OH is 1. The Bertz CT molecular complexity index is 884. The Morgan fingerprint density at radius 3 is 2.69 bits per heavy atom. The highest BCUT2D eigenvalue weighted by atomic mass is 16.6. The predicted octanol–water partition coefficient (Wildman–Crippen LogP) is 2.44. The van der Waals surface area contributed by atoms with Crippen LogP contribution in [0.2, 0.25) is 0 Å². The van der Waals surface area contributed by atoms with Gasteiger partial charge < -0.3 is 25.2 Å². The Kier molecular flexibility index (Phi) is 7.63. The number of para-hydroxylation sites is 1. The number of likely N-dealkylation sites (tertiary alicyclic amines) is 1. The van der Waals surface area contributed by atoms with Gasteiger partial charge in [-0.15, -0.1) is 0 Å². The Hall–Kier alpha value is -2.61. The molecule has 1 fully saturated rings. The lowest BCUT2D eigenvalue weighted by Crippen LogP contribution is -2.50. The number of fused-ring (bicyclic) bond motifs is 1. The summed E-state index contributed by atoms with van der Waals surface area (Å²) in [5.74, 6) is 1.46. The third-order valence-electron chi connectivity index (χ3n) is 6.15. The summed E-state index contributed by atoms with van der Waals surface area (Å²) >= 11 is 0. The van der Waals surface area contributed by atoms with Crippen molar-refractivity contribution in [2.24, 2.45) is 0 Å². The van der Waals surface area contributed by atoms with Crippen molar-refractivity contribution in [3.05, 3.63) is 54.1 Å². The van der Waals surface area contributed by atoms with Gasteiger partial charge in [-0.1, -0.05) is 31.2 Å². The third-order valence-corrected chi connectivity index (χ3v) is 6.15. The summed E-state index contributed by atoms with van der Waals surface area (Å²) in [6.07, 6.45) is 1.77. The summed E-state index contributed by atoms with van der Waals surface area (Å²) in [6.45, 7) is 5.00. The Morgan fingerprint density at radius 1 is 1.16 bits per heavy atom. The summed E-state index contributed by atoms with van der Waals surface area (Å²) in [5.41, 5.74) is 2.01. The molecule has 2 aromatic rings. The third kappa shape index (κ3) is 6.00. The molecule has 0 bridgehead atoms. The first-order chi connectivity index (χ1) is 15.6. The van der Waals surface area contributed by atoms with Crippen LogP contribution < -0.4 is 20.1 Å². The van der Waals surface area contributed by atoms with Crippen molar-refractivity contribution in [2.45, 2.75) is 44.4 Å².